The summed E-state index contributed by atoms with van der Waals surface area (Å²) in [5.41, 5.74) is 0.782. The minimum Gasteiger partial charge on any atom is -0.465 e. The van der Waals surface area contributed by atoms with Crippen LogP contribution in [0.4, 0.5) is 10.1 Å². The maximum absolute atomic E-state index is 13.4. The van der Waals surface area contributed by atoms with Crippen molar-refractivity contribution in [2.75, 3.05) is 24.6 Å². The van der Waals surface area contributed by atoms with Gasteiger partial charge in [0.2, 0.25) is 0 Å². The molecule has 1 saturated carbocycles. The molecule has 1 aliphatic rings. The smallest absolute Gasteiger partial charge is 0.324 e. The van der Waals surface area contributed by atoms with Gasteiger partial charge < -0.3 is 15.0 Å². The number of halogens is 1. The molecule has 5 heteroatoms. The second-order valence-corrected chi connectivity index (χ2v) is 5.26. The zero-order valence-corrected chi connectivity index (χ0v) is 12.6. The lowest BCUT2D eigenvalue weighted by atomic mass is 10.2. The van der Waals surface area contributed by atoms with Gasteiger partial charge in [-0.25, -0.2) is 4.39 Å². The van der Waals surface area contributed by atoms with Crippen molar-refractivity contribution in [1.82, 2.24) is 5.32 Å². The molecular weight excluding hydrogens is 271 g/mol. The van der Waals surface area contributed by atoms with E-state index >= 15 is 0 Å². The predicted molar refractivity (Wildman–Crippen MR) is 80.9 cm³/mol. The van der Waals surface area contributed by atoms with Crippen molar-refractivity contribution in [1.29, 1.82) is 0 Å². The molecule has 0 radical (unpaired) electrons. The van der Waals surface area contributed by atoms with Crippen LogP contribution in [-0.2, 0) is 9.53 Å². The van der Waals surface area contributed by atoms with Crippen LogP contribution in [0.1, 0.15) is 26.7 Å². The van der Waals surface area contributed by atoms with Crippen molar-refractivity contribution < 1.29 is 13.9 Å². The topological polar surface area (TPSA) is 41.6 Å². The predicted octanol–water partition coefficient (Wildman–Crippen LogP) is 2.34. The first kappa shape index (κ1) is 15.8. The van der Waals surface area contributed by atoms with E-state index in [4.69, 9.17) is 4.74 Å². The third-order valence-corrected chi connectivity index (χ3v) is 3.54. The lowest BCUT2D eigenvalue weighted by Gasteiger charge is -2.28. The van der Waals surface area contributed by atoms with Crippen molar-refractivity contribution in [3.8, 4) is 0 Å². The molecule has 116 valence electrons. The van der Waals surface area contributed by atoms with Crippen LogP contribution in [0.2, 0.25) is 0 Å². The number of benzene rings is 1. The minimum absolute atomic E-state index is 0.237. The van der Waals surface area contributed by atoms with E-state index < -0.39 is 0 Å². The molecule has 0 heterocycles. The number of esters is 1. The van der Waals surface area contributed by atoms with E-state index in [-0.39, 0.29) is 17.8 Å². The standard InChI is InChI=1S/C16H23FN2O2/c1-3-19(14-7-5-6-12(17)10-14)11-15(16(20)21-4-2)18-13-8-9-13/h5-7,10,13,15,18H,3-4,8-9,11H2,1-2H3. The normalized spacial score (nSPS) is 15.6. The summed E-state index contributed by atoms with van der Waals surface area (Å²) >= 11 is 0. The molecule has 0 aromatic heterocycles. The quantitative estimate of drug-likeness (QED) is 0.747. The third kappa shape index (κ3) is 4.70. The Balaban J connectivity index is 2.06. The van der Waals surface area contributed by atoms with Crippen LogP contribution in [0.3, 0.4) is 0 Å². The summed E-state index contributed by atoms with van der Waals surface area (Å²) in [5.74, 6) is -0.506. The molecule has 1 fully saturated rings. The molecule has 21 heavy (non-hydrogen) atoms. The summed E-state index contributed by atoms with van der Waals surface area (Å²) in [6.07, 6.45) is 2.20. The Bertz CT molecular complexity index is 477. The molecule has 1 atom stereocenters. The molecule has 1 unspecified atom stereocenters. The zero-order chi connectivity index (χ0) is 15.2. The monoisotopic (exact) mass is 294 g/mol. The average molecular weight is 294 g/mol. The summed E-state index contributed by atoms with van der Waals surface area (Å²) in [7, 11) is 0. The molecule has 4 nitrogen and oxygen atoms in total. The van der Waals surface area contributed by atoms with E-state index in [1.165, 1.54) is 12.1 Å². The maximum atomic E-state index is 13.4. The molecule has 0 saturated heterocycles. The number of carbonyl (C=O) groups excluding carboxylic acids is 1. The molecule has 1 N–H and O–H groups in total. The fourth-order valence-corrected chi connectivity index (χ4v) is 2.28. The molecule has 0 amide bonds. The van der Waals surface area contributed by atoms with Gasteiger partial charge in [-0.1, -0.05) is 6.07 Å². The lowest BCUT2D eigenvalue weighted by molar-refractivity contribution is -0.145. The van der Waals surface area contributed by atoms with E-state index in [0.29, 0.717) is 25.7 Å². The Kier molecular flexibility index (Phi) is 5.56. The highest BCUT2D eigenvalue weighted by Crippen LogP contribution is 2.21. The van der Waals surface area contributed by atoms with Crippen LogP contribution in [0.15, 0.2) is 24.3 Å². The minimum atomic E-state index is -0.374. The van der Waals surface area contributed by atoms with Crippen molar-refractivity contribution in [3.63, 3.8) is 0 Å². The van der Waals surface area contributed by atoms with E-state index in [1.807, 2.05) is 17.9 Å². The second kappa shape index (κ2) is 7.41. The highest BCUT2D eigenvalue weighted by molar-refractivity contribution is 5.77. The first-order valence-electron chi connectivity index (χ1n) is 7.57. The number of nitrogens with one attached hydrogen (secondary N) is 1. The molecule has 0 spiro atoms. The molecule has 1 aliphatic carbocycles. The molecule has 1 aromatic carbocycles. The van der Waals surface area contributed by atoms with E-state index in [2.05, 4.69) is 5.32 Å². The molecular formula is C16H23FN2O2. The number of anilines is 1. The van der Waals surface area contributed by atoms with Gasteiger partial charge in [0, 0.05) is 24.8 Å². The van der Waals surface area contributed by atoms with Gasteiger partial charge in [0.15, 0.2) is 0 Å². The summed E-state index contributed by atoms with van der Waals surface area (Å²) < 4.78 is 18.5. The molecule has 2 rings (SSSR count). The number of carbonyl (C=O) groups is 1. The second-order valence-electron chi connectivity index (χ2n) is 5.26. The van der Waals surface area contributed by atoms with Gasteiger partial charge in [0.05, 0.1) is 6.61 Å². The van der Waals surface area contributed by atoms with Gasteiger partial charge >= 0.3 is 5.97 Å². The summed E-state index contributed by atoms with van der Waals surface area (Å²) in [6.45, 7) is 5.34. The zero-order valence-electron chi connectivity index (χ0n) is 12.6. The number of likely N-dealkylation sites (N-methyl/N-ethyl adjacent to an activating group) is 1. The summed E-state index contributed by atoms with van der Waals surface area (Å²) in [4.78, 5) is 14.1. The fourth-order valence-electron chi connectivity index (χ4n) is 2.28. The van der Waals surface area contributed by atoms with Gasteiger partial charge in [0.25, 0.3) is 0 Å². The third-order valence-electron chi connectivity index (χ3n) is 3.54. The molecule has 0 aliphatic heterocycles. The molecule has 1 aromatic rings. The van der Waals surface area contributed by atoms with E-state index in [9.17, 15) is 9.18 Å². The molecule has 0 bridgehead atoms. The first-order valence-corrected chi connectivity index (χ1v) is 7.57. The summed E-state index contributed by atoms with van der Waals surface area (Å²) in [6, 6.07) is 6.48. The number of rotatable bonds is 8. The number of nitrogens with zero attached hydrogens (tertiary/aromatic N) is 1. The van der Waals surface area contributed by atoms with Crippen molar-refractivity contribution in [3.05, 3.63) is 30.1 Å². The van der Waals surface area contributed by atoms with Crippen LogP contribution in [0.25, 0.3) is 0 Å². The van der Waals surface area contributed by atoms with Crippen LogP contribution >= 0.6 is 0 Å². The van der Waals surface area contributed by atoms with Crippen molar-refractivity contribution in [2.24, 2.45) is 0 Å². The SMILES string of the molecule is CCOC(=O)C(CN(CC)c1cccc(F)c1)NC1CC1. The van der Waals surface area contributed by atoms with Gasteiger partial charge in [-0.2, -0.15) is 0 Å². The van der Waals surface area contributed by atoms with E-state index in [0.717, 1.165) is 18.5 Å². The highest BCUT2D eigenvalue weighted by atomic mass is 19.1. The number of hydrogen-bond donors (Lipinski definition) is 1. The largest absolute Gasteiger partial charge is 0.465 e. The van der Waals surface area contributed by atoms with Gasteiger partial charge in [-0.15, -0.1) is 0 Å². The number of hydrogen-bond acceptors (Lipinski definition) is 4. The Morgan fingerprint density at radius 2 is 2.24 bits per heavy atom. The Hall–Kier alpha value is -1.62. The van der Waals surface area contributed by atoms with Crippen molar-refractivity contribution >= 4 is 11.7 Å². The number of ether oxygens (including phenoxy) is 1. The van der Waals surface area contributed by atoms with Crippen LogP contribution in [0.5, 0.6) is 0 Å². The van der Waals surface area contributed by atoms with Crippen molar-refractivity contribution in [2.45, 2.75) is 38.8 Å². The average Bonchev–Trinajstić information content (AvgIpc) is 3.27. The first-order chi connectivity index (χ1) is 10.1. The Morgan fingerprint density at radius 3 is 2.81 bits per heavy atom. The Labute approximate surface area is 125 Å². The Morgan fingerprint density at radius 1 is 1.48 bits per heavy atom. The van der Waals surface area contributed by atoms with Gasteiger partial charge in [-0.3, -0.25) is 4.79 Å². The van der Waals surface area contributed by atoms with Crippen LogP contribution < -0.4 is 10.2 Å². The highest BCUT2D eigenvalue weighted by Gasteiger charge is 2.30. The van der Waals surface area contributed by atoms with Gasteiger partial charge in [-0.05, 0) is 44.9 Å². The summed E-state index contributed by atoms with van der Waals surface area (Å²) in [5, 5.41) is 3.31. The lowest BCUT2D eigenvalue weighted by Crippen LogP contribution is -2.48. The van der Waals surface area contributed by atoms with Crippen LogP contribution in [-0.4, -0.2) is 37.7 Å². The maximum Gasteiger partial charge on any atom is 0.324 e. The van der Waals surface area contributed by atoms with Crippen LogP contribution in [0, 0.1) is 5.82 Å². The fraction of sp³-hybridized carbons (Fsp3) is 0.562. The van der Waals surface area contributed by atoms with E-state index in [1.54, 1.807) is 13.0 Å². The van der Waals surface area contributed by atoms with Gasteiger partial charge in [0.1, 0.15) is 11.9 Å².